The molecule has 0 aromatic carbocycles. The average Bonchev–Trinajstić information content (AvgIpc) is 2.44. The number of aromatic nitrogens is 1. The normalized spacial score (nSPS) is 11.6. The van der Waals surface area contributed by atoms with Gasteiger partial charge in [0.05, 0.1) is 12.1 Å². The molecule has 4 nitrogen and oxygen atoms in total. The summed E-state index contributed by atoms with van der Waals surface area (Å²) in [5.41, 5.74) is 0.493. The minimum Gasteiger partial charge on any atom is -0.446 e. The lowest BCUT2D eigenvalue weighted by Gasteiger charge is -2.13. The summed E-state index contributed by atoms with van der Waals surface area (Å²) in [7, 11) is 0. The minimum absolute atomic E-state index is 0.368. The van der Waals surface area contributed by atoms with Crippen molar-refractivity contribution >= 4 is 5.97 Å². The van der Waals surface area contributed by atoms with Gasteiger partial charge in [-0.2, -0.15) is 0 Å². The van der Waals surface area contributed by atoms with Crippen LogP contribution in [0.4, 0.5) is 0 Å². The Hall–Kier alpha value is -1.86. The fourth-order valence-corrected chi connectivity index (χ4v) is 1.49. The van der Waals surface area contributed by atoms with Gasteiger partial charge in [0.2, 0.25) is 0 Å². The number of hydrogen-bond acceptors (Lipinski definition) is 4. The Morgan fingerprint density at radius 2 is 2.00 bits per heavy atom. The summed E-state index contributed by atoms with van der Waals surface area (Å²) < 4.78 is 5.23. The summed E-state index contributed by atoms with van der Waals surface area (Å²) in [6.07, 6.45) is 2.72. The van der Waals surface area contributed by atoms with Crippen molar-refractivity contribution < 1.29 is 9.53 Å². The van der Waals surface area contributed by atoms with E-state index in [1.54, 1.807) is 31.5 Å². The predicted octanol–water partition coefficient (Wildman–Crippen LogP) is 1.97. The first-order valence-corrected chi connectivity index (χ1v) is 6.49. The molecule has 1 heterocycles. The molecule has 1 aromatic heterocycles. The highest BCUT2D eigenvalue weighted by atomic mass is 16.5. The number of carbonyl (C=O) groups excluding carboxylic acids is 1. The van der Waals surface area contributed by atoms with Crippen molar-refractivity contribution in [1.82, 2.24) is 9.88 Å². The molecule has 0 N–H and O–H groups in total. The van der Waals surface area contributed by atoms with Gasteiger partial charge in [0.25, 0.3) is 0 Å². The van der Waals surface area contributed by atoms with E-state index in [0.29, 0.717) is 12.1 Å². The topological polar surface area (TPSA) is 42.4 Å². The van der Waals surface area contributed by atoms with E-state index in [-0.39, 0.29) is 5.97 Å². The summed E-state index contributed by atoms with van der Waals surface area (Å²) in [5, 5.41) is 0. The highest BCUT2D eigenvalue weighted by molar-refractivity contribution is 5.89. The molecule has 0 radical (unpaired) electrons. The van der Waals surface area contributed by atoms with Crippen LogP contribution in [0.15, 0.2) is 24.5 Å². The van der Waals surface area contributed by atoms with Crippen molar-refractivity contribution in [3.8, 4) is 11.8 Å². The van der Waals surface area contributed by atoms with Crippen LogP contribution in [-0.4, -0.2) is 41.6 Å². The summed E-state index contributed by atoms with van der Waals surface area (Å²) in [6.45, 7) is 8.60. The minimum atomic E-state index is -0.406. The highest BCUT2D eigenvalue weighted by Gasteiger charge is 2.09. The molecule has 0 aliphatic carbocycles. The summed E-state index contributed by atoms with van der Waals surface area (Å²) >= 11 is 0. The van der Waals surface area contributed by atoms with Gasteiger partial charge in [-0.15, -0.1) is 0 Å². The monoisotopic (exact) mass is 260 g/mol. The van der Waals surface area contributed by atoms with E-state index in [1.165, 1.54) is 0 Å². The SMILES string of the molecule is CCN(CC)CC#C[C@@H](C)OC(=O)c1ccncc1. The molecule has 0 saturated heterocycles. The number of nitrogens with zero attached hydrogens (tertiary/aromatic N) is 2. The maximum Gasteiger partial charge on any atom is 0.339 e. The molecular weight excluding hydrogens is 240 g/mol. The Bertz CT molecular complexity index is 444. The summed E-state index contributed by atoms with van der Waals surface area (Å²) in [4.78, 5) is 17.8. The third kappa shape index (κ3) is 5.54. The third-order valence-corrected chi connectivity index (χ3v) is 2.70. The molecule has 4 heteroatoms. The molecule has 1 aromatic rings. The highest BCUT2D eigenvalue weighted by Crippen LogP contribution is 2.01. The Morgan fingerprint density at radius 1 is 1.37 bits per heavy atom. The Morgan fingerprint density at radius 3 is 2.58 bits per heavy atom. The Kier molecular flexibility index (Phi) is 6.62. The maximum atomic E-state index is 11.7. The molecule has 102 valence electrons. The molecule has 0 amide bonds. The Balaban J connectivity index is 2.45. The van der Waals surface area contributed by atoms with E-state index in [0.717, 1.165) is 13.1 Å². The number of pyridine rings is 1. The van der Waals surface area contributed by atoms with Crippen LogP contribution in [0.3, 0.4) is 0 Å². The van der Waals surface area contributed by atoms with Gasteiger partial charge in [-0.1, -0.05) is 25.7 Å². The van der Waals surface area contributed by atoms with Crippen LogP contribution in [0, 0.1) is 11.8 Å². The van der Waals surface area contributed by atoms with Crippen molar-refractivity contribution in [3.63, 3.8) is 0 Å². The zero-order valence-electron chi connectivity index (χ0n) is 11.7. The molecule has 0 fully saturated rings. The van der Waals surface area contributed by atoms with Crippen molar-refractivity contribution in [1.29, 1.82) is 0 Å². The number of hydrogen-bond donors (Lipinski definition) is 0. The van der Waals surface area contributed by atoms with E-state index in [1.807, 2.05) is 0 Å². The lowest BCUT2D eigenvalue weighted by atomic mass is 10.3. The zero-order valence-corrected chi connectivity index (χ0v) is 11.7. The lowest BCUT2D eigenvalue weighted by molar-refractivity contribution is 0.0438. The molecule has 0 bridgehead atoms. The molecule has 0 aliphatic rings. The van der Waals surface area contributed by atoms with Crippen molar-refractivity contribution in [2.24, 2.45) is 0 Å². The molecule has 19 heavy (non-hydrogen) atoms. The van der Waals surface area contributed by atoms with Crippen LogP contribution in [0.1, 0.15) is 31.1 Å². The standard InChI is InChI=1S/C15H20N2O2/c1-4-17(5-2)12-6-7-13(3)19-15(18)14-8-10-16-11-9-14/h8-11,13H,4-5,12H2,1-3H3/t13-/m1/s1. The lowest BCUT2D eigenvalue weighted by Crippen LogP contribution is -2.23. The van der Waals surface area contributed by atoms with E-state index < -0.39 is 6.10 Å². The van der Waals surface area contributed by atoms with Crippen LogP contribution >= 0.6 is 0 Å². The number of ether oxygens (including phenoxy) is 1. The molecule has 0 saturated carbocycles. The van der Waals surface area contributed by atoms with E-state index in [4.69, 9.17) is 4.74 Å². The van der Waals surface area contributed by atoms with Crippen LogP contribution in [0.2, 0.25) is 0 Å². The van der Waals surface area contributed by atoms with Gasteiger partial charge >= 0.3 is 5.97 Å². The molecule has 1 rings (SSSR count). The first-order chi connectivity index (χ1) is 9.17. The van der Waals surface area contributed by atoms with Crippen LogP contribution in [0.25, 0.3) is 0 Å². The number of carbonyl (C=O) groups is 1. The molecule has 0 unspecified atom stereocenters. The fourth-order valence-electron chi connectivity index (χ4n) is 1.49. The fraction of sp³-hybridized carbons (Fsp3) is 0.467. The number of esters is 1. The second kappa shape index (κ2) is 8.28. The maximum absolute atomic E-state index is 11.7. The smallest absolute Gasteiger partial charge is 0.339 e. The molecule has 0 aliphatic heterocycles. The second-order valence-corrected chi connectivity index (χ2v) is 4.07. The first-order valence-electron chi connectivity index (χ1n) is 6.49. The van der Waals surface area contributed by atoms with Crippen LogP contribution in [-0.2, 0) is 4.74 Å². The first kappa shape index (κ1) is 15.2. The van der Waals surface area contributed by atoms with Gasteiger partial charge in [0.15, 0.2) is 6.10 Å². The summed E-state index contributed by atoms with van der Waals surface area (Å²) in [6, 6.07) is 3.25. The zero-order chi connectivity index (χ0) is 14.1. The number of rotatable bonds is 5. The largest absolute Gasteiger partial charge is 0.446 e. The second-order valence-electron chi connectivity index (χ2n) is 4.07. The van der Waals surface area contributed by atoms with E-state index in [9.17, 15) is 4.79 Å². The average molecular weight is 260 g/mol. The summed E-state index contributed by atoms with van der Waals surface area (Å²) in [5.74, 6) is 5.59. The molecule has 0 spiro atoms. The quantitative estimate of drug-likeness (QED) is 0.599. The molecule has 1 atom stereocenters. The van der Waals surface area contributed by atoms with E-state index >= 15 is 0 Å². The van der Waals surface area contributed by atoms with Gasteiger partial charge in [0, 0.05) is 12.4 Å². The van der Waals surface area contributed by atoms with E-state index in [2.05, 4.69) is 35.6 Å². The van der Waals surface area contributed by atoms with Crippen LogP contribution in [0.5, 0.6) is 0 Å². The van der Waals surface area contributed by atoms with Gasteiger partial charge in [-0.3, -0.25) is 9.88 Å². The third-order valence-electron chi connectivity index (χ3n) is 2.70. The predicted molar refractivity (Wildman–Crippen MR) is 74.7 cm³/mol. The van der Waals surface area contributed by atoms with Crippen molar-refractivity contribution in [2.45, 2.75) is 26.9 Å². The van der Waals surface area contributed by atoms with Crippen molar-refractivity contribution in [3.05, 3.63) is 30.1 Å². The Labute approximate surface area is 114 Å². The van der Waals surface area contributed by atoms with Crippen LogP contribution < -0.4 is 0 Å². The van der Waals surface area contributed by atoms with Crippen molar-refractivity contribution in [2.75, 3.05) is 19.6 Å². The van der Waals surface area contributed by atoms with Gasteiger partial charge in [-0.25, -0.2) is 4.79 Å². The van der Waals surface area contributed by atoms with Gasteiger partial charge < -0.3 is 4.74 Å². The van der Waals surface area contributed by atoms with Gasteiger partial charge in [0.1, 0.15) is 0 Å². The van der Waals surface area contributed by atoms with Gasteiger partial charge in [-0.05, 0) is 32.1 Å². The molecular formula is C15H20N2O2.